The molecule has 0 heterocycles. The molecule has 1 atom stereocenters. The van der Waals surface area contributed by atoms with E-state index in [-0.39, 0.29) is 18.0 Å². The third-order valence-electron chi connectivity index (χ3n) is 4.79. The second-order valence-corrected chi connectivity index (χ2v) is 6.58. The first-order valence-corrected chi connectivity index (χ1v) is 9.10. The van der Waals surface area contributed by atoms with E-state index in [0.29, 0.717) is 6.54 Å². The molecule has 0 aliphatic heterocycles. The molecule has 0 bridgehead atoms. The van der Waals surface area contributed by atoms with Gasteiger partial charge in [-0.25, -0.2) is 13.2 Å². The van der Waals surface area contributed by atoms with Gasteiger partial charge in [0.15, 0.2) is 17.5 Å². The van der Waals surface area contributed by atoms with Crippen molar-refractivity contribution in [1.29, 1.82) is 0 Å². The molecule has 0 spiro atoms. The summed E-state index contributed by atoms with van der Waals surface area (Å²) in [5, 5.41) is 3.28. The van der Waals surface area contributed by atoms with Crippen LogP contribution >= 0.6 is 0 Å². The number of para-hydroxylation sites is 1. The van der Waals surface area contributed by atoms with E-state index in [9.17, 15) is 13.2 Å². The van der Waals surface area contributed by atoms with Gasteiger partial charge < -0.3 is 10.1 Å². The van der Waals surface area contributed by atoms with Gasteiger partial charge in [0.25, 0.3) is 0 Å². The number of halogens is 3. The molecule has 0 saturated heterocycles. The fraction of sp³-hybridized carbons (Fsp3) is 0.217. The van der Waals surface area contributed by atoms with E-state index in [4.69, 9.17) is 4.74 Å². The van der Waals surface area contributed by atoms with Crippen molar-refractivity contribution in [3.05, 3.63) is 89.2 Å². The van der Waals surface area contributed by atoms with Crippen LogP contribution in [0.25, 0.3) is 11.1 Å². The van der Waals surface area contributed by atoms with E-state index < -0.39 is 17.5 Å². The summed E-state index contributed by atoms with van der Waals surface area (Å²) in [6.07, 6.45) is 0.271. The van der Waals surface area contributed by atoms with Gasteiger partial charge in [-0.3, -0.25) is 0 Å². The molecule has 0 aliphatic carbocycles. The molecule has 0 amide bonds. The minimum atomic E-state index is -1.42. The van der Waals surface area contributed by atoms with Crippen LogP contribution in [0.1, 0.15) is 24.1 Å². The highest BCUT2D eigenvalue weighted by Gasteiger charge is 2.13. The number of benzene rings is 3. The summed E-state index contributed by atoms with van der Waals surface area (Å²) in [5.74, 6) is -2.89. The number of ether oxygens (including phenoxy) is 1. The van der Waals surface area contributed by atoms with Crippen LogP contribution in [-0.4, -0.2) is 13.7 Å². The summed E-state index contributed by atoms with van der Waals surface area (Å²) in [7, 11) is 1.65. The van der Waals surface area contributed by atoms with E-state index in [1.165, 1.54) is 6.07 Å². The molecule has 0 aliphatic rings. The standard InChI is InChI=1S/C23H22F3NO/c1-15(27-14-13-18-11-12-20(24)23(26)22(18)25)16-7-9-17(10-8-16)19-5-3-4-6-21(19)28-2/h3-12,15,27H,13-14H2,1-2H3. The van der Waals surface area contributed by atoms with Crippen molar-refractivity contribution >= 4 is 0 Å². The van der Waals surface area contributed by atoms with Crippen molar-refractivity contribution in [3.8, 4) is 16.9 Å². The Hall–Kier alpha value is -2.79. The summed E-state index contributed by atoms with van der Waals surface area (Å²) >= 11 is 0. The quantitative estimate of drug-likeness (QED) is 0.529. The fourth-order valence-corrected chi connectivity index (χ4v) is 3.13. The van der Waals surface area contributed by atoms with E-state index in [1.807, 2.05) is 55.5 Å². The van der Waals surface area contributed by atoms with Crippen molar-refractivity contribution in [1.82, 2.24) is 5.32 Å². The molecule has 1 unspecified atom stereocenters. The molecular formula is C23H22F3NO. The number of methoxy groups -OCH3 is 1. The Morgan fingerprint density at radius 3 is 2.32 bits per heavy atom. The third kappa shape index (κ3) is 4.37. The summed E-state index contributed by atoms with van der Waals surface area (Å²) in [4.78, 5) is 0. The molecule has 28 heavy (non-hydrogen) atoms. The van der Waals surface area contributed by atoms with Gasteiger partial charge in [-0.2, -0.15) is 0 Å². The highest BCUT2D eigenvalue weighted by Crippen LogP contribution is 2.30. The number of hydrogen-bond donors (Lipinski definition) is 1. The predicted molar refractivity (Wildman–Crippen MR) is 105 cm³/mol. The molecule has 3 rings (SSSR count). The molecule has 2 nitrogen and oxygen atoms in total. The first kappa shape index (κ1) is 20.0. The Labute approximate surface area is 163 Å². The van der Waals surface area contributed by atoms with Crippen molar-refractivity contribution in [2.45, 2.75) is 19.4 Å². The summed E-state index contributed by atoms with van der Waals surface area (Å²) < 4.78 is 45.4. The Morgan fingerprint density at radius 1 is 0.893 bits per heavy atom. The van der Waals surface area contributed by atoms with Crippen molar-refractivity contribution in [2.75, 3.05) is 13.7 Å². The van der Waals surface area contributed by atoms with Crippen LogP contribution in [0.2, 0.25) is 0 Å². The highest BCUT2D eigenvalue weighted by atomic mass is 19.2. The lowest BCUT2D eigenvalue weighted by Gasteiger charge is -2.16. The minimum absolute atomic E-state index is 0.0278. The summed E-state index contributed by atoms with van der Waals surface area (Å²) in [6.45, 7) is 2.44. The van der Waals surface area contributed by atoms with Gasteiger partial charge in [0.2, 0.25) is 0 Å². The van der Waals surface area contributed by atoms with Crippen LogP contribution in [0, 0.1) is 17.5 Å². The molecule has 146 valence electrons. The fourth-order valence-electron chi connectivity index (χ4n) is 3.13. The van der Waals surface area contributed by atoms with Crippen LogP contribution in [0.15, 0.2) is 60.7 Å². The van der Waals surface area contributed by atoms with Crippen LogP contribution in [-0.2, 0) is 6.42 Å². The SMILES string of the molecule is COc1ccccc1-c1ccc(C(C)NCCc2ccc(F)c(F)c2F)cc1. The Morgan fingerprint density at radius 2 is 1.61 bits per heavy atom. The van der Waals surface area contributed by atoms with Gasteiger partial charge >= 0.3 is 0 Å². The van der Waals surface area contributed by atoms with Gasteiger partial charge in [-0.05, 0) is 48.7 Å². The van der Waals surface area contributed by atoms with Crippen LogP contribution < -0.4 is 10.1 Å². The van der Waals surface area contributed by atoms with Crippen LogP contribution in [0.4, 0.5) is 13.2 Å². The molecule has 5 heteroatoms. The lowest BCUT2D eigenvalue weighted by atomic mass is 10.0. The molecule has 0 radical (unpaired) electrons. The van der Waals surface area contributed by atoms with Crippen molar-refractivity contribution < 1.29 is 17.9 Å². The zero-order chi connectivity index (χ0) is 20.1. The first-order chi connectivity index (χ1) is 13.5. The van der Waals surface area contributed by atoms with Crippen LogP contribution in [0.3, 0.4) is 0 Å². The Kier molecular flexibility index (Phi) is 6.37. The van der Waals surface area contributed by atoms with Crippen molar-refractivity contribution in [2.24, 2.45) is 0 Å². The van der Waals surface area contributed by atoms with E-state index >= 15 is 0 Å². The second kappa shape index (κ2) is 8.93. The Balaban J connectivity index is 1.62. The molecule has 3 aromatic rings. The Bertz CT molecular complexity index is 941. The number of rotatable bonds is 7. The van der Waals surface area contributed by atoms with Gasteiger partial charge in [-0.15, -0.1) is 0 Å². The zero-order valence-electron chi connectivity index (χ0n) is 15.8. The first-order valence-electron chi connectivity index (χ1n) is 9.10. The maximum absolute atomic E-state index is 13.7. The summed E-state index contributed by atoms with van der Waals surface area (Å²) in [5.41, 5.74) is 3.30. The van der Waals surface area contributed by atoms with E-state index in [2.05, 4.69) is 5.32 Å². The average molecular weight is 385 g/mol. The van der Waals surface area contributed by atoms with Crippen LogP contribution in [0.5, 0.6) is 5.75 Å². The molecule has 1 N–H and O–H groups in total. The lowest BCUT2D eigenvalue weighted by molar-refractivity contribution is 0.416. The molecule has 0 fully saturated rings. The van der Waals surface area contributed by atoms with Gasteiger partial charge in [0.05, 0.1) is 7.11 Å². The van der Waals surface area contributed by atoms with Gasteiger partial charge in [-0.1, -0.05) is 48.5 Å². The van der Waals surface area contributed by atoms with Crippen molar-refractivity contribution in [3.63, 3.8) is 0 Å². The predicted octanol–water partition coefficient (Wildman–Crippen LogP) is 5.67. The maximum atomic E-state index is 13.7. The topological polar surface area (TPSA) is 21.3 Å². The maximum Gasteiger partial charge on any atom is 0.194 e. The smallest absolute Gasteiger partial charge is 0.194 e. The number of nitrogens with one attached hydrogen (secondary N) is 1. The minimum Gasteiger partial charge on any atom is -0.496 e. The normalized spacial score (nSPS) is 12.0. The van der Waals surface area contributed by atoms with Gasteiger partial charge in [0, 0.05) is 11.6 Å². The zero-order valence-corrected chi connectivity index (χ0v) is 15.8. The van der Waals surface area contributed by atoms with Gasteiger partial charge in [0.1, 0.15) is 5.75 Å². The highest BCUT2D eigenvalue weighted by molar-refractivity contribution is 5.70. The lowest BCUT2D eigenvalue weighted by Crippen LogP contribution is -2.21. The summed E-state index contributed by atoms with van der Waals surface area (Å²) in [6, 6.07) is 18.2. The van der Waals surface area contributed by atoms with E-state index in [1.54, 1.807) is 7.11 Å². The molecule has 0 aromatic heterocycles. The second-order valence-electron chi connectivity index (χ2n) is 6.58. The average Bonchev–Trinajstić information content (AvgIpc) is 2.73. The molecule has 3 aromatic carbocycles. The monoisotopic (exact) mass is 385 g/mol. The third-order valence-corrected chi connectivity index (χ3v) is 4.79. The largest absolute Gasteiger partial charge is 0.496 e. The number of hydrogen-bond acceptors (Lipinski definition) is 2. The van der Waals surface area contributed by atoms with E-state index in [0.717, 1.165) is 28.5 Å². The molecule has 0 saturated carbocycles. The molecular weight excluding hydrogens is 363 g/mol.